The van der Waals surface area contributed by atoms with Gasteiger partial charge in [-0.25, -0.2) is 0 Å². The summed E-state index contributed by atoms with van der Waals surface area (Å²) in [6.07, 6.45) is 0.444. The molecular formula is C23H24ClNO2. The lowest BCUT2D eigenvalue weighted by Crippen LogP contribution is -2.34. The Hall–Kier alpha value is -2.62. The molecule has 0 aliphatic heterocycles. The maximum Gasteiger partial charge on any atom is 0.323 e. The highest BCUT2D eigenvalue weighted by Gasteiger charge is 2.18. The molecule has 0 bridgehead atoms. The maximum absolute atomic E-state index is 12.3. The molecule has 0 fully saturated rings. The molecule has 27 heavy (non-hydrogen) atoms. The van der Waals surface area contributed by atoms with Crippen molar-refractivity contribution in [1.29, 1.82) is 0 Å². The van der Waals surface area contributed by atoms with Crippen molar-refractivity contribution < 1.29 is 9.53 Å². The second-order valence-electron chi connectivity index (χ2n) is 6.43. The molecule has 0 aromatic heterocycles. The predicted octanol–water partition coefficient (Wildman–Crippen LogP) is 4.70. The molecule has 0 aliphatic carbocycles. The number of carbonyl (C=O) groups is 1. The van der Waals surface area contributed by atoms with Crippen LogP contribution >= 0.6 is 12.4 Å². The number of hydrogen-bond acceptors (Lipinski definition) is 3. The molecule has 1 atom stereocenters. The molecule has 3 rings (SSSR count). The number of hydrogen-bond donors (Lipinski definition) is 1. The number of aryl methyl sites for hydroxylation is 1. The van der Waals surface area contributed by atoms with E-state index in [9.17, 15) is 4.79 Å². The molecular weight excluding hydrogens is 358 g/mol. The minimum atomic E-state index is -0.692. The van der Waals surface area contributed by atoms with Crippen LogP contribution in [0.2, 0.25) is 0 Å². The Balaban J connectivity index is 0.00000261. The van der Waals surface area contributed by atoms with Crippen molar-refractivity contribution in [1.82, 2.24) is 0 Å². The van der Waals surface area contributed by atoms with Crippen molar-refractivity contribution in [3.63, 3.8) is 0 Å². The van der Waals surface area contributed by atoms with Gasteiger partial charge in [-0.15, -0.1) is 12.4 Å². The topological polar surface area (TPSA) is 52.3 Å². The van der Waals surface area contributed by atoms with Crippen molar-refractivity contribution in [2.24, 2.45) is 5.73 Å². The van der Waals surface area contributed by atoms with Gasteiger partial charge in [-0.05, 0) is 35.6 Å². The van der Waals surface area contributed by atoms with Gasteiger partial charge in [0.25, 0.3) is 0 Å². The van der Waals surface area contributed by atoms with Crippen molar-refractivity contribution in [3.8, 4) is 11.1 Å². The normalized spacial score (nSPS) is 11.3. The summed E-state index contributed by atoms with van der Waals surface area (Å²) >= 11 is 0. The van der Waals surface area contributed by atoms with E-state index in [0.29, 0.717) is 6.42 Å². The third kappa shape index (κ3) is 5.68. The predicted molar refractivity (Wildman–Crippen MR) is 112 cm³/mol. The molecule has 0 saturated carbocycles. The molecule has 140 valence electrons. The smallest absolute Gasteiger partial charge is 0.323 e. The van der Waals surface area contributed by atoms with Crippen LogP contribution in [0.3, 0.4) is 0 Å². The first-order valence-electron chi connectivity index (χ1n) is 8.74. The van der Waals surface area contributed by atoms with Gasteiger partial charge in [0.05, 0.1) is 0 Å². The van der Waals surface area contributed by atoms with E-state index < -0.39 is 6.04 Å². The molecule has 0 unspecified atom stereocenters. The van der Waals surface area contributed by atoms with Gasteiger partial charge in [0.1, 0.15) is 12.6 Å². The van der Waals surface area contributed by atoms with E-state index in [1.807, 2.05) is 55.5 Å². The van der Waals surface area contributed by atoms with Gasteiger partial charge < -0.3 is 10.5 Å². The zero-order chi connectivity index (χ0) is 18.4. The zero-order valence-corrected chi connectivity index (χ0v) is 16.1. The molecule has 3 aromatic rings. The van der Waals surface area contributed by atoms with Crippen LogP contribution in [0.1, 0.15) is 16.7 Å². The Labute approximate surface area is 166 Å². The van der Waals surface area contributed by atoms with Gasteiger partial charge in [0, 0.05) is 0 Å². The van der Waals surface area contributed by atoms with Gasteiger partial charge in [0.15, 0.2) is 0 Å². The number of benzene rings is 3. The van der Waals surface area contributed by atoms with Crippen LogP contribution in [0.15, 0.2) is 78.9 Å². The molecule has 0 aliphatic rings. The van der Waals surface area contributed by atoms with E-state index in [4.69, 9.17) is 10.5 Å². The van der Waals surface area contributed by atoms with Crippen LogP contribution in [0.5, 0.6) is 0 Å². The second kappa shape index (κ2) is 9.91. The highest BCUT2D eigenvalue weighted by atomic mass is 35.5. The fourth-order valence-electron chi connectivity index (χ4n) is 2.95. The summed E-state index contributed by atoms with van der Waals surface area (Å²) < 4.78 is 5.37. The molecule has 0 radical (unpaired) electrons. The Morgan fingerprint density at radius 3 is 2.26 bits per heavy atom. The summed E-state index contributed by atoms with van der Waals surface area (Å²) in [7, 11) is 0. The van der Waals surface area contributed by atoms with E-state index in [1.165, 1.54) is 0 Å². The van der Waals surface area contributed by atoms with Gasteiger partial charge in [-0.2, -0.15) is 0 Å². The average Bonchev–Trinajstić information content (AvgIpc) is 2.67. The van der Waals surface area contributed by atoms with Crippen LogP contribution in [-0.2, 0) is 22.6 Å². The summed E-state index contributed by atoms with van der Waals surface area (Å²) in [6, 6.07) is 25.3. The highest BCUT2D eigenvalue weighted by molar-refractivity contribution is 5.85. The fourth-order valence-corrected chi connectivity index (χ4v) is 2.95. The Morgan fingerprint density at radius 2 is 1.59 bits per heavy atom. The number of rotatable bonds is 6. The van der Waals surface area contributed by atoms with Crippen molar-refractivity contribution in [2.75, 3.05) is 0 Å². The number of nitrogens with two attached hydrogens (primary N) is 1. The zero-order valence-electron chi connectivity index (χ0n) is 15.3. The molecule has 3 aromatic carbocycles. The molecule has 0 spiro atoms. The number of halogens is 1. The van der Waals surface area contributed by atoms with Crippen molar-refractivity contribution in [2.45, 2.75) is 26.0 Å². The van der Waals surface area contributed by atoms with Gasteiger partial charge in [0.2, 0.25) is 0 Å². The Kier molecular flexibility index (Phi) is 7.59. The standard InChI is InChI=1S/C23H23NO2.ClH/c1-17-12-13-21(19-10-6-3-7-11-19)20(14-17)15-22(24)23(25)26-16-18-8-4-2-5-9-18;/h2-14,22H,15-16,24H2,1H3;1H/t22-;/m0./s1. The summed E-state index contributed by atoms with van der Waals surface area (Å²) in [5.41, 5.74) is 11.5. The first-order chi connectivity index (χ1) is 12.6. The van der Waals surface area contributed by atoms with Crippen LogP contribution in [0.25, 0.3) is 11.1 Å². The van der Waals surface area contributed by atoms with Gasteiger partial charge >= 0.3 is 5.97 Å². The largest absolute Gasteiger partial charge is 0.460 e. The summed E-state index contributed by atoms with van der Waals surface area (Å²) in [4.78, 5) is 12.3. The lowest BCUT2D eigenvalue weighted by atomic mass is 9.94. The third-order valence-electron chi connectivity index (χ3n) is 4.31. The highest BCUT2D eigenvalue weighted by Crippen LogP contribution is 2.25. The fraction of sp³-hybridized carbons (Fsp3) is 0.174. The first-order valence-corrected chi connectivity index (χ1v) is 8.74. The maximum atomic E-state index is 12.3. The summed E-state index contributed by atoms with van der Waals surface area (Å²) in [5, 5.41) is 0. The van der Waals surface area contributed by atoms with E-state index >= 15 is 0 Å². The Bertz CT molecular complexity index is 866. The molecule has 0 saturated heterocycles. The summed E-state index contributed by atoms with van der Waals surface area (Å²) in [6.45, 7) is 2.28. The summed E-state index contributed by atoms with van der Waals surface area (Å²) in [5.74, 6) is -0.380. The minimum Gasteiger partial charge on any atom is -0.460 e. The minimum absolute atomic E-state index is 0. The van der Waals surface area contributed by atoms with E-state index in [0.717, 1.165) is 27.8 Å². The molecule has 0 heterocycles. The third-order valence-corrected chi connectivity index (χ3v) is 4.31. The van der Waals surface area contributed by atoms with Crippen LogP contribution in [0, 0.1) is 6.92 Å². The first kappa shape index (κ1) is 20.7. The second-order valence-corrected chi connectivity index (χ2v) is 6.43. The monoisotopic (exact) mass is 381 g/mol. The average molecular weight is 382 g/mol. The van der Waals surface area contributed by atoms with E-state index in [1.54, 1.807) is 0 Å². The molecule has 4 heteroatoms. The molecule has 0 amide bonds. The van der Waals surface area contributed by atoms with Gasteiger partial charge in [-0.1, -0.05) is 84.4 Å². The Morgan fingerprint density at radius 1 is 0.963 bits per heavy atom. The molecule has 3 nitrogen and oxygen atoms in total. The number of ether oxygens (including phenoxy) is 1. The van der Waals surface area contributed by atoms with Crippen LogP contribution in [0.4, 0.5) is 0 Å². The molecule has 2 N–H and O–H groups in total. The van der Waals surface area contributed by atoms with Crippen LogP contribution in [-0.4, -0.2) is 12.0 Å². The van der Waals surface area contributed by atoms with Crippen molar-refractivity contribution >= 4 is 18.4 Å². The van der Waals surface area contributed by atoms with Gasteiger partial charge in [-0.3, -0.25) is 4.79 Å². The lowest BCUT2D eigenvalue weighted by molar-refractivity contribution is -0.146. The number of esters is 1. The number of carbonyl (C=O) groups excluding carboxylic acids is 1. The quantitative estimate of drug-likeness (QED) is 0.630. The van der Waals surface area contributed by atoms with Crippen LogP contribution < -0.4 is 5.73 Å². The lowest BCUT2D eigenvalue weighted by Gasteiger charge is -2.15. The SMILES string of the molecule is Cc1ccc(-c2ccccc2)c(C[C@H](N)C(=O)OCc2ccccc2)c1.Cl. The van der Waals surface area contributed by atoms with E-state index in [-0.39, 0.29) is 25.0 Å². The van der Waals surface area contributed by atoms with E-state index in [2.05, 4.69) is 30.3 Å². The van der Waals surface area contributed by atoms with Crippen molar-refractivity contribution in [3.05, 3.63) is 95.6 Å².